The Hall–Kier alpha value is -1.06. The van der Waals surface area contributed by atoms with E-state index in [1.54, 1.807) is 0 Å². The zero-order valence-electron chi connectivity index (χ0n) is 11.4. The first-order valence-electron chi connectivity index (χ1n) is 6.70. The molecule has 19 heavy (non-hydrogen) atoms. The Morgan fingerprint density at radius 1 is 1.26 bits per heavy atom. The van der Waals surface area contributed by atoms with Gasteiger partial charge in [0.1, 0.15) is 0 Å². The Bertz CT molecular complexity index is 411. The Labute approximate surface area is 121 Å². The van der Waals surface area contributed by atoms with Crippen molar-refractivity contribution < 1.29 is 4.79 Å². The molecule has 1 aliphatic carbocycles. The fraction of sp³-hybridized carbons (Fsp3) is 0.533. The van der Waals surface area contributed by atoms with Crippen molar-refractivity contribution >= 4 is 18.3 Å². The van der Waals surface area contributed by atoms with Gasteiger partial charge in [0.2, 0.25) is 5.91 Å². The van der Waals surface area contributed by atoms with Crippen LogP contribution in [-0.4, -0.2) is 18.0 Å². The van der Waals surface area contributed by atoms with Gasteiger partial charge < -0.3 is 11.1 Å². The molecule has 4 heteroatoms. The van der Waals surface area contributed by atoms with Crippen LogP contribution in [0.1, 0.15) is 36.8 Å². The molecule has 1 aliphatic rings. The van der Waals surface area contributed by atoms with Crippen molar-refractivity contribution in [3.05, 3.63) is 35.4 Å². The van der Waals surface area contributed by atoms with Crippen molar-refractivity contribution in [1.29, 1.82) is 0 Å². The molecule has 0 bridgehead atoms. The lowest BCUT2D eigenvalue weighted by Crippen LogP contribution is -2.52. The molecule has 2 rings (SSSR count). The number of amides is 1. The maximum atomic E-state index is 12.1. The fourth-order valence-electron chi connectivity index (χ4n) is 2.66. The molecule has 3 nitrogen and oxygen atoms in total. The van der Waals surface area contributed by atoms with Gasteiger partial charge >= 0.3 is 0 Å². The molecule has 1 aromatic carbocycles. The summed E-state index contributed by atoms with van der Waals surface area (Å²) in [7, 11) is 0. The molecule has 0 unspecified atom stereocenters. The van der Waals surface area contributed by atoms with Crippen molar-refractivity contribution in [3.8, 4) is 0 Å². The predicted octanol–water partition coefficient (Wildman–Crippen LogP) is 2.35. The van der Waals surface area contributed by atoms with Crippen LogP contribution in [0.25, 0.3) is 0 Å². The molecule has 106 valence electrons. The Morgan fingerprint density at radius 2 is 1.84 bits per heavy atom. The van der Waals surface area contributed by atoms with Gasteiger partial charge in [0.25, 0.3) is 0 Å². The van der Waals surface area contributed by atoms with E-state index in [0.717, 1.165) is 18.4 Å². The molecule has 3 N–H and O–H groups in total. The highest BCUT2D eigenvalue weighted by atomic mass is 35.5. The summed E-state index contributed by atoms with van der Waals surface area (Å²) in [4.78, 5) is 12.1. The summed E-state index contributed by atoms with van der Waals surface area (Å²) in [5.41, 5.74) is 7.95. The smallest absolute Gasteiger partial charge is 0.224 e. The minimum absolute atomic E-state index is 0. The number of nitrogens with one attached hydrogen (secondary N) is 1. The summed E-state index contributed by atoms with van der Waals surface area (Å²) < 4.78 is 0. The van der Waals surface area contributed by atoms with Crippen LogP contribution >= 0.6 is 12.4 Å². The first kappa shape index (κ1) is 16.0. The van der Waals surface area contributed by atoms with E-state index in [1.807, 2.05) is 31.2 Å². The summed E-state index contributed by atoms with van der Waals surface area (Å²) >= 11 is 0. The van der Waals surface area contributed by atoms with E-state index in [4.69, 9.17) is 5.73 Å². The molecule has 0 atom stereocenters. The number of halogens is 1. The number of carbonyl (C=O) groups is 1. The monoisotopic (exact) mass is 282 g/mol. The fourth-order valence-corrected chi connectivity index (χ4v) is 2.66. The van der Waals surface area contributed by atoms with E-state index in [0.29, 0.717) is 13.0 Å². The number of nitrogens with two attached hydrogens (primary N) is 1. The molecule has 0 aromatic heterocycles. The third-order valence-electron chi connectivity index (χ3n) is 3.84. The normalized spacial score (nSPS) is 16.7. The van der Waals surface area contributed by atoms with Crippen LogP contribution in [0.15, 0.2) is 24.3 Å². The van der Waals surface area contributed by atoms with Crippen LogP contribution < -0.4 is 11.1 Å². The minimum atomic E-state index is -0.137. The van der Waals surface area contributed by atoms with Crippen LogP contribution in [0.3, 0.4) is 0 Å². The van der Waals surface area contributed by atoms with Gasteiger partial charge in [-0.25, -0.2) is 0 Å². The predicted molar refractivity (Wildman–Crippen MR) is 80.5 cm³/mol. The van der Waals surface area contributed by atoms with Gasteiger partial charge in [-0.1, -0.05) is 42.7 Å². The molecule has 0 spiro atoms. The number of benzene rings is 1. The third kappa shape index (κ3) is 4.22. The molecule has 0 aliphatic heterocycles. The van der Waals surface area contributed by atoms with Crippen molar-refractivity contribution in [2.45, 2.75) is 44.6 Å². The van der Waals surface area contributed by atoms with Crippen LogP contribution in [0.4, 0.5) is 0 Å². The number of carbonyl (C=O) groups excluding carboxylic acids is 1. The molecule has 0 heterocycles. The first-order chi connectivity index (χ1) is 8.63. The molecule has 0 saturated heterocycles. The Morgan fingerprint density at radius 3 is 2.37 bits per heavy atom. The Kier molecular flexibility index (Phi) is 5.83. The molecule has 1 fully saturated rings. The summed E-state index contributed by atoms with van der Waals surface area (Å²) in [5.74, 6) is 0.0891. The molecule has 1 saturated carbocycles. The van der Waals surface area contributed by atoms with Gasteiger partial charge in [-0.3, -0.25) is 4.79 Å². The lowest BCUT2D eigenvalue weighted by Gasteiger charge is -2.28. The van der Waals surface area contributed by atoms with E-state index < -0.39 is 0 Å². The summed E-state index contributed by atoms with van der Waals surface area (Å²) in [6.07, 6.45) is 4.82. The number of aryl methyl sites for hydroxylation is 1. The molecular formula is C15H23ClN2O. The standard InChI is InChI=1S/C15H22N2O.ClH/c1-12-4-6-13(7-5-12)10-14(18)17-15(11-16)8-2-3-9-15;/h4-7H,2-3,8-11,16H2,1H3,(H,17,18);1H. The van der Waals surface area contributed by atoms with Crippen LogP contribution in [0.2, 0.25) is 0 Å². The van der Waals surface area contributed by atoms with Gasteiger partial charge in [0, 0.05) is 6.54 Å². The van der Waals surface area contributed by atoms with Gasteiger partial charge in [0.05, 0.1) is 12.0 Å². The molecule has 1 amide bonds. The number of rotatable bonds is 4. The maximum Gasteiger partial charge on any atom is 0.224 e. The summed E-state index contributed by atoms with van der Waals surface area (Å²) in [5, 5.41) is 3.14. The quantitative estimate of drug-likeness (QED) is 0.891. The second-order valence-corrected chi connectivity index (χ2v) is 5.40. The van der Waals surface area contributed by atoms with E-state index in [1.165, 1.54) is 18.4 Å². The highest BCUT2D eigenvalue weighted by Crippen LogP contribution is 2.28. The van der Waals surface area contributed by atoms with Crippen molar-refractivity contribution in [1.82, 2.24) is 5.32 Å². The van der Waals surface area contributed by atoms with E-state index in [9.17, 15) is 4.79 Å². The second kappa shape index (κ2) is 6.92. The van der Waals surface area contributed by atoms with Gasteiger partial charge in [0.15, 0.2) is 0 Å². The zero-order chi connectivity index (χ0) is 13.0. The maximum absolute atomic E-state index is 12.1. The van der Waals surface area contributed by atoms with Gasteiger partial charge in [-0.2, -0.15) is 0 Å². The largest absolute Gasteiger partial charge is 0.349 e. The van der Waals surface area contributed by atoms with Crippen molar-refractivity contribution in [2.75, 3.05) is 6.54 Å². The highest BCUT2D eigenvalue weighted by Gasteiger charge is 2.33. The van der Waals surface area contributed by atoms with Gasteiger partial charge in [-0.05, 0) is 25.3 Å². The highest BCUT2D eigenvalue weighted by molar-refractivity contribution is 5.85. The van der Waals surface area contributed by atoms with Crippen LogP contribution in [0.5, 0.6) is 0 Å². The van der Waals surface area contributed by atoms with E-state index in [2.05, 4.69) is 5.32 Å². The number of hydrogen-bond donors (Lipinski definition) is 2. The first-order valence-corrected chi connectivity index (χ1v) is 6.70. The average molecular weight is 283 g/mol. The summed E-state index contributed by atoms with van der Waals surface area (Å²) in [6.45, 7) is 2.60. The van der Waals surface area contributed by atoms with Crippen molar-refractivity contribution in [2.24, 2.45) is 5.73 Å². The average Bonchev–Trinajstić information content (AvgIpc) is 2.81. The second-order valence-electron chi connectivity index (χ2n) is 5.40. The molecule has 1 aromatic rings. The lowest BCUT2D eigenvalue weighted by molar-refractivity contribution is -0.122. The Balaban J connectivity index is 0.00000180. The summed E-state index contributed by atoms with van der Waals surface area (Å²) in [6, 6.07) is 8.10. The van der Waals surface area contributed by atoms with Crippen molar-refractivity contribution in [3.63, 3.8) is 0 Å². The zero-order valence-corrected chi connectivity index (χ0v) is 12.3. The van der Waals surface area contributed by atoms with E-state index in [-0.39, 0.29) is 23.9 Å². The van der Waals surface area contributed by atoms with Crippen LogP contribution in [0, 0.1) is 6.92 Å². The SMILES string of the molecule is Cc1ccc(CC(=O)NC2(CN)CCCC2)cc1.Cl. The minimum Gasteiger partial charge on any atom is -0.349 e. The number of hydrogen-bond acceptors (Lipinski definition) is 2. The lowest BCUT2D eigenvalue weighted by atomic mass is 9.97. The van der Waals surface area contributed by atoms with Crippen LogP contribution in [-0.2, 0) is 11.2 Å². The van der Waals surface area contributed by atoms with E-state index >= 15 is 0 Å². The topological polar surface area (TPSA) is 55.1 Å². The molecular weight excluding hydrogens is 260 g/mol. The molecule has 0 radical (unpaired) electrons. The third-order valence-corrected chi connectivity index (χ3v) is 3.84. The van der Waals surface area contributed by atoms with Gasteiger partial charge in [-0.15, -0.1) is 12.4 Å².